The van der Waals surface area contributed by atoms with Crippen LogP contribution < -0.4 is 5.84 Å². The highest BCUT2D eigenvalue weighted by Gasteiger charge is 2.20. The van der Waals surface area contributed by atoms with Gasteiger partial charge in [0.1, 0.15) is 0 Å². The Kier molecular flexibility index (Phi) is 5.42. The first-order valence-electron chi connectivity index (χ1n) is 5.72. The van der Waals surface area contributed by atoms with Gasteiger partial charge in [-0.15, -0.1) is 0 Å². The topological polar surface area (TPSA) is 58.8 Å². The molecule has 88 valence electrons. The van der Waals surface area contributed by atoms with E-state index in [-0.39, 0.29) is 0 Å². The molecule has 1 saturated heterocycles. The van der Waals surface area contributed by atoms with Gasteiger partial charge in [-0.3, -0.25) is 0 Å². The van der Waals surface area contributed by atoms with Crippen molar-refractivity contribution in [3.8, 4) is 0 Å². The van der Waals surface area contributed by atoms with Crippen LogP contribution in [0.1, 0.15) is 39.0 Å². The van der Waals surface area contributed by atoms with E-state index in [0.29, 0.717) is 6.61 Å². The van der Waals surface area contributed by atoms with Crippen molar-refractivity contribution in [3.63, 3.8) is 0 Å². The fraction of sp³-hybridized carbons (Fsp3) is 0.900. The van der Waals surface area contributed by atoms with Gasteiger partial charge in [-0.05, 0) is 19.3 Å². The minimum absolute atomic E-state index is 0.439. The zero-order valence-corrected chi connectivity index (χ0v) is 9.45. The van der Waals surface area contributed by atoms with Gasteiger partial charge < -0.3 is 4.74 Å². The third kappa shape index (κ3) is 4.05. The fourth-order valence-corrected chi connectivity index (χ4v) is 1.58. The Morgan fingerprint density at radius 1 is 1.40 bits per heavy atom. The second-order valence-electron chi connectivity index (χ2n) is 3.83. The molecule has 1 fully saturated rings. The lowest BCUT2D eigenvalue weighted by Crippen LogP contribution is -2.53. The van der Waals surface area contributed by atoms with Gasteiger partial charge in [0.05, 0.1) is 6.61 Å². The predicted octanol–water partition coefficient (Wildman–Crippen LogP) is 1.50. The molecule has 0 aliphatic carbocycles. The van der Waals surface area contributed by atoms with E-state index in [1.165, 1.54) is 6.42 Å². The van der Waals surface area contributed by atoms with Gasteiger partial charge in [-0.1, -0.05) is 19.8 Å². The van der Waals surface area contributed by atoms with E-state index >= 15 is 0 Å². The number of carbonyl (C=O) groups is 1. The average molecular weight is 215 g/mol. The molecule has 15 heavy (non-hydrogen) atoms. The fourth-order valence-electron chi connectivity index (χ4n) is 1.58. The Balaban J connectivity index is 2.24. The number of piperidine rings is 1. The van der Waals surface area contributed by atoms with Crippen LogP contribution in [0, 0.1) is 0 Å². The van der Waals surface area contributed by atoms with Gasteiger partial charge in [-0.2, -0.15) is 5.12 Å². The molecule has 0 radical (unpaired) electrons. The van der Waals surface area contributed by atoms with Gasteiger partial charge in [-0.25, -0.2) is 15.6 Å². The number of nitrogens with zero attached hydrogens (tertiary/aromatic N) is 2. The van der Waals surface area contributed by atoms with Gasteiger partial charge in [0.2, 0.25) is 0 Å². The Morgan fingerprint density at radius 2 is 2.07 bits per heavy atom. The molecular formula is C10H21N3O2. The van der Waals surface area contributed by atoms with Crippen LogP contribution in [0.25, 0.3) is 0 Å². The van der Waals surface area contributed by atoms with E-state index in [0.717, 1.165) is 43.9 Å². The zero-order chi connectivity index (χ0) is 11.1. The molecule has 0 spiro atoms. The summed E-state index contributed by atoms with van der Waals surface area (Å²) in [5, 5.41) is 2.96. The maximum Gasteiger partial charge on any atom is 0.439 e. The van der Waals surface area contributed by atoms with E-state index < -0.39 is 6.09 Å². The highest BCUT2D eigenvalue weighted by molar-refractivity contribution is 5.66. The second kappa shape index (κ2) is 6.63. The SMILES string of the molecule is CCCCOC(=O)N(N)N1CCCCC1. The molecule has 2 N–H and O–H groups in total. The molecule has 1 aliphatic rings. The summed E-state index contributed by atoms with van der Waals surface area (Å²) in [6, 6.07) is 0. The van der Waals surface area contributed by atoms with Crippen molar-refractivity contribution in [3.05, 3.63) is 0 Å². The molecule has 0 saturated carbocycles. The summed E-state index contributed by atoms with van der Waals surface area (Å²) in [4.78, 5) is 11.5. The number of carbonyl (C=O) groups excluding carboxylic acids is 1. The van der Waals surface area contributed by atoms with E-state index in [2.05, 4.69) is 6.92 Å². The Morgan fingerprint density at radius 3 is 2.67 bits per heavy atom. The van der Waals surface area contributed by atoms with Crippen LogP contribution in [0.2, 0.25) is 0 Å². The largest absolute Gasteiger partial charge is 0.448 e. The van der Waals surface area contributed by atoms with Gasteiger partial charge in [0.25, 0.3) is 0 Å². The molecule has 0 aromatic heterocycles. The van der Waals surface area contributed by atoms with Gasteiger partial charge in [0, 0.05) is 13.1 Å². The number of hydrogen-bond donors (Lipinski definition) is 1. The van der Waals surface area contributed by atoms with Crippen LogP contribution in [0.4, 0.5) is 4.79 Å². The van der Waals surface area contributed by atoms with Crippen molar-refractivity contribution in [1.29, 1.82) is 0 Å². The summed E-state index contributed by atoms with van der Waals surface area (Å²) in [6.45, 7) is 4.20. The Hall–Kier alpha value is -0.810. The van der Waals surface area contributed by atoms with Crippen molar-refractivity contribution in [1.82, 2.24) is 10.1 Å². The highest BCUT2D eigenvalue weighted by Crippen LogP contribution is 2.10. The molecule has 5 nitrogen and oxygen atoms in total. The van der Waals surface area contributed by atoms with Crippen LogP contribution in [-0.2, 0) is 4.74 Å². The molecule has 1 heterocycles. The number of unbranched alkanes of at least 4 members (excludes halogenated alkanes) is 1. The zero-order valence-electron chi connectivity index (χ0n) is 9.45. The van der Waals surface area contributed by atoms with Crippen LogP contribution in [0.5, 0.6) is 0 Å². The monoisotopic (exact) mass is 215 g/mol. The van der Waals surface area contributed by atoms with Gasteiger partial charge >= 0.3 is 6.09 Å². The predicted molar refractivity (Wildman–Crippen MR) is 57.7 cm³/mol. The van der Waals surface area contributed by atoms with Crippen molar-refractivity contribution in [2.24, 2.45) is 5.84 Å². The lowest BCUT2D eigenvalue weighted by atomic mass is 10.2. The van der Waals surface area contributed by atoms with Gasteiger partial charge in [0.15, 0.2) is 0 Å². The molecule has 1 rings (SSSR count). The number of amides is 1. The standard InChI is InChI=1S/C10H21N3O2/c1-2-3-9-15-10(14)13(11)12-7-5-4-6-8-12/h2-9,11H2,1H3. The number of hydrogen-bond acceptors (Lipinski definition) is 4. The van der Waals surface area contributed by atoms with E-state index in [4.69, 9.17) is 10.6 Å². The molecular weight excluding hydrogens is 194 g/mol. The highest BCUT2D eigenvalue weighted by atomic mass is 16.6. The number of ether oxygens (including phenoxy) is 1. The van der Waals surface area contributed by atoms with Crippen LogP contribution in [0.3, 0.4) is 0 Å². The maximum atomic E-state index is 11.5. The summed E-state index contributed by atoms with van der Waals surface area (Å²) >= 11 is 0. The average Bonchev–Trinajstić information content (AvgIpc) is 2.29. The number of rotatable bonds is 4. The van der Waals surface area contributed by atoms with E-state index in [9.17, 15) is 4.79 Å². The minimum atomic E-state index is -0.439. The molecule has 0 aromatic rings. The first kappa shape index (κ1) is 12.3. The summed E-state index contributed by atoms with van der Waals surface area (Å²) < 4.78 is 5.02. The lowest BCUT2D eigenvalue weighted by molar-refractivity contribution is -0.0354. The summed E-state index contributed by atoms with van der Waals surface area (Å²) in [5.74, 6) is 5.66. The molecule has 0 bridgehead atoms. The van der Waals surface area contributed by atoms with Crippen molar-refractivity contribution < 1.29 is 9.53 Å². The second-order valence-corrected chi connectivity index (χ2v) is 3.83. The summed E-state index contributed by atoms with van der Waals surface area (Å²) in [7, 11) is 0. The maximum absolute atomic E-state index is 11.5. The normalized spacial score (nSPS) is 17.5. The molecule has 1 aliphatic heterocycles. The van der Waals surface area contributed by atoms with Crippen molar-refractivity contribution in [2.75, 3.05) is 19.7 Å². The molecule has 5 heteroatoms. The Bertz CT molecular complexity index is 193. The van der Waals surface area contributed by atoms with Crippen LogP contribution in [0.15, 0.2) is 0 Å². The third-order valence-corrected chi connectivity index (χ3v) is 2.55. The number of nitrogens with two attached hydrogens (primary N) is 1. The van der Waals surface area contributed by atoms with Crippen LogP contribution in [-0.4, -0.2) is 35.9 Å². The summed E-state index contributed by atoms with van der Waals surface area (Å²) in [5.41, 5.74) is 0. The minimum Gasteiger partial charge on any atom is -0.448 e. The molecule has 0 aromatic carbocycles. The molecule has 1 amide bonds. The quantitative estimate of drug-likeness (QED) is 0.334. The van der Waals surface area contributed by atoms with E-state index in [1.54, 1.807) is 0 Å². The van der Waals surface area contributed by atoms with Crippen molar-refractivity contribution >= 4 is 6.09 Å². The Labute approximate surface area is 91.1 Å². The van der Waals surface area contributed by atoms with E-state index in [1.807, 2.05) is 5.01 Å². The first-order valence-corrected chi connectivity index (χ1v) is 5.72. The summed E-state index contributed by atoms with van der Waals surface area (Å²) in [6.07, 6.45) is 4.87. The smallest absolute Gasteiger partial charge is 0.439 e. The molecule has 0 atom stereocenters. The van der Waals surface area contributed by atoms with Crippen LogP contribution >= 0.6 is 0 Å². The number of hydrazine groups is 2. The van der Waals surface area contributed by atoms with Crippen molar-refractivity contribution in [2.45, 2.75) is 39.0 Å². The lowest BCUT2D eigenvalue weighted by Gasteiger charge is -2.32. The first-order chi connectivity index (χ1) is 7.25. The third-order valence-electron chi connectivity index (χ3n) is 2.55. The molecule has 0 unspecified atom stereocenters.